The molecule has 1 aliphatic rings. The van der Waals surface area contributed by atoms with E-state index >= 15 is 0 Å². The van der Waals surface area contributed by atoms with Gasteiger partial charge < -0.3 is 10.6 Å². The smallest absolute Gasteiger partial charge is 0.191 e. The Balaban J connectivity index is 0.00000240. The Morgan fingerprint density at radius 3 is 2.79 bits per heavy atom. The first-order chi connectivity index (χ1) is 13.6. The summed E-state index contributed by atoms with van der Waals surface area (Å²) in [7, 11) is 1.82. The second-order valence-corrected chi connectivity index (χ2v) is 7.67. The lowest BCUT2D eigenvalue weighted by molar-refractivity contribution is 0.391. The molecule has 0 bridgehead atoms. The van der Waals surface area contributed by atoms with E-state index < -0.39 is 0 Å². The molecule has 6 nitrogen and oxygen atoms in total. The molecule has 154 valence electrons. The van der Waals surface area contributed by atoms with E-state index in [-0.39, 0.29) is 24.0 Å². The van der Waals surface area contributed by atoms with Gasteiger partial charge in [0.05, 0.1) is 6.54 Å². The van der Waals surface area contributed by atoms with Gasteiger partial charge in [-0.1, -0.05) is 56.3 Å². The van der Waals surface area contributed by atoms with Crippen LogP contribution in [0.1, 0.15) is 43.4 Å². The summed E-state index contributed by atoms with van der Waals surface area (Å²) in [5.41, 5.74) is 1.27. The van der Waals surface area contributed by atoms with Crippen molar-refractivity contribution in [1.29, 1.82) is 0 Å². The Hall–Kier alpha value is -2.16. The fourth-order valence-corrected chi connectivity index (χ4v) is 3.70. The van der Waals surface area contributed by atoms with Gasteiger partial charge in [-0.05, 0) is 22.8 Å². The van der Waals surface area contributed by atoms with Crippen LogP contribution >= 0.6 is 24.0 Å². The minimum atomic E-state index is 0. The van der Waals surface area contributed by atoms with E-state index in [1.807, 2.05) is 7.05 Å². The summed E-state index contributed by atoms with van der Waals surface area (Å²) in [4.78, 5) is 9.08. The predicted molar refractivity (Wildman–Crippen MR) is 129 cm³/mol. The van der Waals surface area contributed by atoms with Gasteiger partial charge >= 0.3 is 0 Å². The highest BCUT2D eigenvalue weighted by Crippen LogP contribution is 2.19. The molecule has 3 aromatic rings. The zero-order valence-corrected chi connectivity index (χ0v) is 19.6. The molecule has 1 aromatic heterocycles. The highest BCUT2D eigenvalue weighted by molar-refractivity contribution is 14.0. The van der Waals surface area contributed by atoms with Crippen molar-refractivity contribution in [3.63, 3.8) is 0 Å². The lowest BCUT2D eigenvalue weighted by Gasteiger charge is -2.25. The molecule has 0 saturated carbocycles. The topological polar surface area (TPSA) is 67.1 Å². The molecule has 0 amide bonds. The number of fused-ring (bicyclic) bond motifs is 2. The lowest BCUT2D eigenvalue weighted by Crippen LogP contribution is -2.46. The molecular formula is C22H29IN6. The Labute approximate surface area is 189 Å². The van der Waals surface area contributed by atoms with Crippen LogP contribution in [0.4, 0.5) is 0 Å². The van der Waals surface area contributed by atoms with Crippen molar-refractivity contribution >= 4 is 40.7 Å². The zero-order valence-electron chi connectivity index (χ0n) is 17.2. The van der Waals surface area contributed by atoms with Crippen LogP contribution in [0.25, 0.3) is 10.8 Å². The summed E-state index contributed by atoms with van der Waals surface area (Å²) >= 11 is 0. The third-order valence-electron chi connectivity index (χ3n) is 5.28. The number of hydrogen-bond acceptors (Lipinski definition) is 3. The maximum Gasteiger partial charge on any atom is 0.191 e. The van der Waals surface area contributed by atoms with Gasteiger partial charge in [0.2, 0.25) is 0 Å². The first-order valence-corrected chi connectivity index (χ1v) is 10.0. The monoisotopic (exact) mass is 504 g/mol. The fourth-order valence-electron chi connectivity index (χ4n) is 3.70. The second-order valence-electron chi connectivity index (χ2n) is 7.67. The summed E-state index contributed by atoms with van der Waals surface area (Å²) in [6.07, 6.45) is 1.98. The van der Waals surface area contributed by atoms with Crippen LogP contribution in [0.3, 0.4) is 0 Å². The van der Waals surface area contributed by atoms with Crippen LogP contribution in [-0.4, -0.2) is 33.8 Å². The van der Waals surface area contributed by atoms with Crippen molar-refractivity contribution in [2.75, 3.05) is 7.05 Å². The number of aliphatic imine (C=N–C) groups is 1. The maximum absolute atomic E-state index is 4.67. The molecule has 1 unspecified atom stereocenters. The molecule has 0 fully saturated rings. The molecular weight excluding hydrogens is 475 g/mol. The fraction of sp³-hybridized carbons (Fsp3) is 0.409. The Bertz CT molecular complexity index is 989. The summed E-state index contributed by atoms with van der Waals surface area (Å²) in [5.74, 6) is 3.22. The number of aromatic nitrogens is 3. The number of aryl methyl sites for hydroxylation is 1. The van der Waals surface area contributed by atoms with E-state index in [0.29, 0.717) is 12.0 Å². The van der Waals surface area contributed by atoms with Crippen LogP contribution in [0.2, 0.25) is 0 Å². The van der Waals surface area contributed by atoms with Gasteiger partial charge in [0.15, 0.2) is 11.8 Å². The number of guanidine groups is 1. The quantitative estimate of drug-likeness (QED) is 0.322. The van der Waals surface area contributed by atoms with E-state index in [0.717, 1.165) is 43.5 Å². The van der Waals surface area contributed by atoms with E-state index in [2.05, 4.69) is 86.7 Å². The maximum atomic E-state index is 4.67. The molecule has 29 heavy (non-hydrogen) atoms. The highest BCUT2D eigenvalue weighted by atomic mass is 127. The molecule has 1 aliphatic heterocycles. The van der Waals surface area contributed by atoms with Crippen molar-refractivity contribution in [3.05, 3.63) is 59.7 Å². The number of nitrogens with zero attached hydrogens (tertiary/aromatic N) is 4. The van der Waals surface area contributed by atoms with E-state index in [4.69, 9.17) is 0 Å². The third-order valence-corrected chi connectivity index (χ3v) is 5.28. The van der Waals surface area contributed by atoms with Crippen LogP contribution in [-0.2, 0) is 19.5 Å². The predicted octanol–water partition coefficient (Wildman–Crippen LogP) is 3.85. The molecule has 2 heterocycles. The number of nitrogens with one attached hydrogen (secondary N) is 2. The SMILES string of the molecule is CN=C(NCc1cccc2ccccc12)NC1CCc2nc(C(C)C)nn2C1.I. The van der Waals surface area contributed by atoms with Gasteiger partial charge in [-0.15, -0.1) is 24.0 Å². The largest absolute Gasteiger partial charge is 0.352 e. The van der Waals surface area contributed by atoms with E-state index in [1.165, 1.54) is 16.3 Å². The van der Waals surface area contributed by atoms with Crippen LogP contribution in [0.5, 0.6) is 0 Å². The first kappa shape index (κ1) is 21.5. The third kappa shape index (κ3) is 4.88. The number of halogens is 1. The van der Waals surface area contributed by atoms with Gasteiger partial charge in [0, 0.05) is 32.0 Å². The Morgan fingerprint density at radius 1 is 1.21 bits per heavy atom. The Kier molecular flexibility index (Phi) is 7.10. The van der Waals surface area contributed by atoms with Gasteiger partial charge in [-0.3, -0.25) is 4.99 Å². The van der Waals surface area contributed by atoms with Gasteiger partial charge in [-0.25, -0.2) is 9.67 Å². The summed E-state index contributed by atoms with van der Waals surface area (Å²) in [6.45, 7) is 5.83. The summed E-state index contributed by atoms with van der Waals surface area (Å²) in [6, 6.07) is 15.2. The van der Waals surface area contributed by atoms with Crippen molar-refractivity contribution in [1.82, 2.24) is 25.4 Å². The van der Waals surface area contributed by atoms with E-state index in [1.54, 1.807) is 0 Å². The molecule has 0 radical (unpaired) electrons. The zero-order chi connectivity index (χ0) is 19.5. The van der Waals surface area contributed by atoms with Crippen LogP contribution in [0, 0.1) is 0 Å². The molecule has 0 spiro atoms. The molecule has 0 aliphatic carbocycles. The van der Waals surface area contributed by atoms with Crippen molar-refractivity contribution in [2.24, 2.45) is 4.99 Å². The molecule has 4 rings (SSSR count). The average Bonchev–Trinajstić information content (AvgIpc) is 3.15. The highest BCUT2D eigenvalue weighted by Gasteiger charge is 2.23. The Morgan fingerprint density at radius 2 is 2.00 bits per heavy atom. The van der Waals surface area contributed by atoms with Crippen molar-refractivity contribution in [3.8, 4) is 0 Å². The average molecular weight is 504 g/mol. The van der Waals surface area contributed by atoms with Crippen molar-refractivity contribution in [2.45, 2.75) is 51.7 Å². The standard InChI is InChI=1S/C22H28N6.HI/c1-15(2)21-26-20-12-11-18(14-28(20)27-21)25-22(23-3)24-13-17-9-6-8-16-7-4-5-10-19(16)17;/h4-10,15,18H,11-14H2,1-3H3,(H2,23,24,25);1H. The van der Waals surface area contributed by atoms with Crippen LogP contribution < -0.4 is 10.6 Å². The molecule has 2 N–H and O–H groups in total. The number of benzene rings is 2. The van der Waals surface area contributed by atoms with E-state index in [9.17, 15) is 0 Å². The summed E-state index contributed by atoms with van der Waals surface area (Å²) < 4.78 is 2.05. The molecule has 7 heteroatoms. The molecule has 2 aromatic carbocycles. The van der Waals surface area contributed by atoms with Gasteiger partial charge in [0.25, 0.3) is 0 Å². The lowest BCUT2D eigenvalue weighted by atomic mass is 10.0. The summed E-state index contributed by atoms with van der Waals surface area (Å²) in [5, 5.41) is 14.2. The second kappa shape index (κ2) is 9.56. The van der Waals surface area contributed by atoms with Gasteiger partial charge in [0.1, 0.15) is 5.82 Å². The van der Waals surface area contributed by atoms with Crippen molar-refractivity contribution < 1.29 is 0 Å². The van der Waals surface area contributed by atoms with Crippen LogP contribution in [0.15, 0.2) is 47.5 Å². The minimum Gasteiger partial charge on any atom is -0.352 e. The number of rotatable bonds is 4. The molecule has 1 atom stereocenters. The normalized spacial score (nSPS) is 16.4. The molecule has 0 saturated heterocycles. The minimum absolute atomic E-state index is 0. The number of hydrogen-bond donors (Lipinski definition) is 2. The van der Waals surface area contributed by atoms with Gasteiger partial charge in [-0.2, -0.15) is 5.10 Å². The first-order valence-electron chi connectivity index (χ1n) is 10.0.